The topological polar surface area (TPSA) is 149 Å². The summed E-state index contributed by atoms with van der Waals surface area (Å²) in [6.07, 6.45) is -1.95. The van der Waals surface area contributed by atoms with E-state index in [4.69, 9.17) is 9.47 Å². The van der Waals surface area contributed by atoms with Crippen molar-refractivity contribution in [2.75, 3.05) is 51.2 Å². The van der Waals surface area contributed by atoms with E-state index >= 15 is 8.42 Å². The van der Waals surface area contributed by atoms with E-state index in [1.165, 1.54) is 45.4 Å². The van der Waals surface area contributed by atoms with Crippen LogP contribution in [0.2, 0.25) is 0 Å². The fraction of sp³-hybridized carbons (Fsp3) is 0.421. The van der Waals surface area contributed by atoms with Gasteiger partial charge in [0.1, 0.15) is 36.5 Å². The summed E-state index contributed by atoms with van der Waals surface area (Å²) in [5, 5.41) is 3.61. The molecule has 0 radical (unpaired) electrons. The van der Waals surface area contributed by atoms with Gasteiger partial charge in [0.05, 0.1) is 34.6 Å². The quantitative estimate of drug-likeness (QED) is 0.379. The summed E-state index contributed by atoms with van der Waals surface area (Å²) in [5.74, 6) is -1.36. The normalized spacial score (nSPS) is 32.7. The second-order valence-electron chi connectivity index (χ2n) is 14.8. The molecule has 0 aromatic heterocycles. The van der Waals surface area contributed by atoms with Gasteiger partial charge in [0, 0.05) is 34.0 Å². The molecule has 0 bridgehead atoms. The van der Waals surface area contributed by atoms with E-state index in [2.05, 4.69) is 5.32 Å². The highest BCUT2D eigenvalue weighted by molar-refractivity contribution is 7.92. The number of hydrogen-bond acceptors (Lipinski definition) is 9. The molecule has 8 atom stereocenters. The van der Waals surface area contributed by atoms with Gasteiger partial charge in [0.25, 0.3) is 10.0 Å². The van der Waals surface area contributed by atoms with Crippen molar-refractivity contribution in [2.45, 2.75) is 65.1 Å². The molecule has 0 saturated carbocycles. The number of piperazine rings is 2. The Morgan fingerprint density at radius 1 is 0.679 bits per heavy atom. The fourth-order valence-corrected chi connectivity index (χ4v) is 12.3. The number of ether oxygens (including phenoxy) is 2. The molecular weight excluding hydrogens is 701 g/mol. The Morgan fingerprint density at radius 3 is 1.85 bits per heavy atom. The van der Waals surface area contributed by atoms with Gasteiger partial charge in [0.2, 0.25) is 23.6 Å². The van der Waals surface area contributed by atoms with E-state index in [0.29, 0.717) is 11.3 Å². The van der Waals surface area contributed by atoms with Crippen molar-refractivity contribution < 1.29 is 37.1 Å². The summed E-state index contributed by atoms with van der Waals surface area (Å²) in [4.78, 5) is 64.5. The SMILES string of the molecule is COC[C@H]1C(=O)N2[C@H]3Nc4ccccc4[C@@]3(C34C[C@H]5C(=O)N(C)[C@@H](COC)C(=O)N5[C@H]3N(S(=O)(=O)c3ccccc3)c3ccccc34)C[C@H]2C(=O)N1C. The van der Waals surface area contributed by atoms with Crippen molar-refractivity contribution in [1.29, 1.82) is 0 Å². The lowest BCUT2D eigenvalue weighted by Gasteiger charge is -2.50. The molecule has 1 N–H and O–H groups in total. The third-order valence-electron chi connectivity index (χ3n) is 12.7. The minimum absolute atomic E-state index is 0.0112. The standard InChI is InChI=1S/C38H40N6O8S/c1-40-29(20-51-3)33(47)42-27(31(40)45)18-37(23-14-8-10-16-25(23)39-35(37)42)38-19-28-32(46)41(2)30(21-52-4)34(48)43(28)36(38)44(26-17-11-9-15-24(26)38)53(49,50)22-12-6-5-7-13-22/h5-17,27-30,35-36,39H,18-21H2,1-4H3/t27-,28-,29-,30-,35+,36-,37-,38?/m0/s1. The Morgan fingerprint density at radius 2 is 1.21 bits per heavy atom. The number of likely N-dealkylation sites (N-methyl/N-ethyl adjacent to an activating group) is 2. The second kappa shape index (κ2) is 11.5. The molecule has 4 fully saturated rings. The Labute approximate surface area is 307 Å². The van der Waals surface area contributed by atoms with Crippen molar-refractivity contribution in [3.05, 3.63) is 90.0 Å². The van der Waals surface area contributed by atoms with Crippen LogP contribution < -0.4 is 9.62 Å². The van der Waals surface area contributed by atoms with Crippen LogP contribution in [-0.2, 0) is 49.5 Å². The van der Waals surface area contributed by atoms with E-state index in [9.17, 15) is 19.2 Å². The van der Waals surface area contributed by atoms with Gasteiger partial charge in [-0.3, -0.25) is 19.2 Å². The number of hydrogen-bond donors (Lipinski definition) is 1. The summed E-state index contributed by atoms with van der Waals surface area (Å²) in [5.41, 5.74) is -0.0530. The third-order valence-corrected chi connectivity index (χ3v) is 14.5. The van der Waals surface area contributed by atoms with Gasteiger partial charge in [-0.1, -0.05) is 54.6 Å². The number of carbonyl (C=O) groups excluding carboxylic acids is 4. The van der Waals surface area contributed by atoms with Crippen LogP contribution in [0.1, 0.15) is 24.0 Å². The number of nitrogens with one attached hydrogen (secondary N) is 1. The Kier molecular flexibility index (Phi) is 7.34. The number of fused-ring (bicyclic) bond motifs is 11. The van der Waals surface area contributed by atoms with Crippen LogP contribution in [-0.4, -0.2) is 130 Å². The molecule has 6 aliphatic heterocycles. The molecule has 14 nitrogen and oxygen atoms in total. The average Bonchev–Trinajstić information content (AvgIpc) is 3.87. The first-order chi connectivity index (χ1) is 25.5. The number of methoxy groups -OCH3 is 2. The molecule has 15 heteroatoms. The molecule has 4 amide bonds. The van der Waals surface area contributed by atoms with Crippen LogP contribution in [0.4, 0.5) is 11.4 Å². The maximum absolute atomic E-state index is 15.2. The van der Waals surface area contributed by atoms with Crippen LogP contribution in [0.25, 0.3) is 0 Å². The number of rotatable bonds is 7. The van der Waals surface area contributed by atoms with Crippen LogP contribution in [0.5, 0.6) is 0 Å². The van der Waals surface area contributed by atoms with Gasteiger partial charge in [-0.05, 0) is 48.2 Å². The minimum atomic E-state index is -4.40. The lowest BCUT2D eigenvalue weighted by Crippen LogP contribution is -2.69. The van der Waals surface area contributed by atoms with Crippen molar-refractivity contribution >= 4 is 45.0 Å². The van der Waals surface area contributed by atoms with Crippen molar-refractivity contribution in [1.82, 2.24) is 19.6 Å². The predicted octanol–water partition coefficient (Wildman–Crippen LogP) is 1.32. The summed E-state index contributed by atoms with van der Waals surface area (Å²) < 4.78 is 42.6. The summed E-state index contributed by atoms with van der Waals surface area (Å²) in [7, 11) is 1.70. The van der Waals surface area contributed by atoms with Gasteiger partial charge >= 0.3 is 0 Å². The first-order valence-corrected chi connectivity index (χ1v) is 19.1. The van der Waals surface area contributed by atoms with Crippen LogP contribution >= 0.6 is 0 Å². The molecule has 6 heterocycles. The largest absolute Gasteiger partial charge is 0.382 e. The molecular formula is C38H40N6O8S. The maximum atomic E-state index is 15.2. The molecule has 3 aromatic rings. The Balaban J connectivity index is 1.37. The lowest BCUT2D eigenvalue weighted by atomic mass is 9.54. The first kappa shape index (κ1) is 33.8. The zero-order valence-corrected chi connectivity index (χ0v) is 30.5. The molecule has 4 saturated heterocycles. The van der Waals surface area contributed by atoms with Crippen LogP contribution in [0, 0.1) is 0 Å². The number of anilines is 2. The Hall–Kier alpha value is -4.99. The molecule has 6 aliphatic rings. The monoisotopic (exact) mass is 740 g/mol. The number of amides is 4. The first-order valence-electron chi connectivity index (χ1n) is 17.7. The molecule has 1 unspecified atom stereocenters. The summed E-state index contributed by atoms with van der Waals surface area (Å²) in [6.45, 7) is -0.102. The van der Waals surface area contributed by atoms with E-state index in [0.717, 1.165) is 11.3 Å². The summed E-state index contributed by atoms with van der Waals surface area (Å²) >= 11 is 0. The van der Waals surface area contributed by atoms with E-state index in [1.54, 1.807) is 49.3 Å². The smallest absolute Gasteiger partial charge is 0.266 e. The highest BCUT2D eigenvalue weighted by atomic mass is 32.2. The zero-order valence-electron chi connectivity index (χ0n) is 29.7. The minimum Gasteiger partial charge on any atom is -0.382 e. The van der Waals surface area contributed by atoms with E-state index in [1.807, 2.05) is 36.4 Å². The van der Waals surface area contributed by atoms with Crippen molar-refractivity contribution in [3.63, 3.8) is 0 Å². The van der Waals surface area contributed by atoms with E-state index in [-0.39, 0.29) is 48.7 Å². The predicted molar refractivity (Wildman–Crippen MR) is 191 cm³/mol. The average molecular weight is 741 g/mol. The van der Waals surface area contributed by atoms with Gasteiger partial charge in [-0.15, -0.1) is 0 Å². The molecule has 0 spiro atoms. The van der Waals surface area contributed by atoms with Crippen molar-refractivity contribution in [2.24, 2.45) is 0 Å². The number of carbonyl (C=O) groups is 4. The van der Waals surface area contributed by atoms with Gasteiger partial charge in [0.15, 0.2) is 0 Å². The molecule has 276 valence electrons. The summed E-state index contributed by atoms with van der Waals surface area (Å²) in [6, 6.07) is 19.0. The van der Waals surface area contributed by atoms with Gasteiger partial charge in [-0.2, -0.15) is 0 Å². The molecule has 0 aliphatic carbocycles. The van der Waals surface area contributed by atoms with Crippen LogP contribution in [0.15, 0.2) is 83.8 Å². The highest BCUT2D eigenvalue weighted by Crippen LogP contribution is 2.71. The Bertz CT molecular complexity index is 2190. The molecule has 9 rings (SSSR count). The number of nitrogens with zero attached hydrogens (tertiary/aromatic N) is 5. The number of benzene rings is 3. The van der Waals surface area contributed by atoms with Crippen molar-refractivity contribution in [3.8, 4) is 0 Å². The fourth-order valence-electron chi connectivity index (χ4n) is 10.6. The number of para-hydroxylation sites is 2. The van der Waals surface area contributed by atoms with Gasteiger partial charge < -0.3 is 34.4 Å². The second-order valence-corrected chi connectivity index (χ2v) is 16.6. The zero-order chi connectivity index (χ0) is 37.2. The third kappa shape index (κ3) is 4.02. The van der Waals surface area contributed by atoms with Gasteiger partial charge in [-0.25, -0.2) is 12.7 Å². The highest BCUT2D eigenvalue weighted by Gasteiger charge is 2.80. The van der Waals surface area contributed by atoms with E-state index < -0.39 is 63.3 Å². The lowest BCUT2D eigenvalue weighted by molar-refractivity contribution is -0.162. The maximum Gasteiger partial charge on any atom is 0.266 e. The molecule has 3 aromatic carbocycles. The molecule has 53 heavy (non-hydrogen) atoms. The number of sulfonamides is 1. The van der Waals surface area contributed by atoms with Crippen LogP contribution in [0.3, 0.4) is 0 Å².